The van der Waals surface area contributed by atoms with Crippen molar-refractivity contribution < 1.29 is 9.18 Å². The van der Waals surface area contributed by atoms with E-state index in [4.69, 9.17) is 11.6 Å². The number of nitrogens with one attached hydrogen (secondary N) is 2. The van der Waals surface area contributed by atoms with Gasteiger partial charge in [0.15, 0.2) is 0 Å². The fourth-order valence-electron chi connectivity index (χ4n) is 3.61. The number of benzene rings is 2. The summed E-state index contributed by atoms with van der Waals surface area (Å²) < 4.78 is 13.7. The molecule has 25 heavy (non-hydrogen) atoms. The lowest BCUT2D eigenvalue weighted by atomic mass is 9.91. The standard InChI is InChI=1S/C20H18ClFN2O/c21-13-5-7-18-15(10-13)16-11-14(6-8-19(16)24-18)23-20(25)9-12-3-1-2-4-17(12)22/h1-5,7,10,14,24H,6,8-9,11H2,(H,23,25). The number of fused-ring (bicyclic) bond motifs is 3. The fraction of sp³-hybridized carbons (Fsp3) is 0.250. The van der Waals surface area contributed by atoms with Crippen LogP contribution in [0.3, 0.4) is 0 Å². The molecule has 3 nitrogen and oxygen atoms in total. The molecule has 2 aromatic carbocycles. The monoisotopic (exact) mass is 356 g/mol. The predicted octanol–water partition coefficient (Wildman–Crippen LogP) is 4.18. The van der Waals surface area contributed by atoms with E-state index in [9.17, 15) is 9.18 Å². The zero-order valence-corrected chi connectivity index (χ0v) is 14.4. The lowest BCUT2D eigenvalue weighted by Crippen LogP contribution is -2.39. The van der Waals surface area contributed by atoms with E-state index in [2.05, 4.69) is 10.3 Å². The van der Waals surface area contributed by atoms with Gasteiger partial charge in [-0.25, -0.2) is 4.39 Å². The minimum Gasteiger partial charge on any atom is -0.358 e. The maximum atomic E-state index is 13.7. The average Bonchev–Trinajstić information content (AvgIpc) is 2.94. The highest BCUT2D eigenvalue weighted by atomic mass is 35.5. The molecule has 0 saturated heterocycles. The van der Waals surface area contributed by atoms with Crippen molar-refractivity contribution in [3.63, 3.8) is 0 Å². The van der Waals surface area contributed by atoms with Crippen molar-refractivity contribution in [2.24, 2.45) is 0 Å². The summed E-state index contributed by atoms with van der Waals surface area (Å²) in [7, 11) is 0. The van der Waals surface area contributed by atoms with Gasteiger partial charge in [-0.2, -0.15) is 0 Å². The van der Waals surface area contributed by atoms with E-state index in [1.165, 1.54) is 17.3 Å². The Morgan fingerprint density at radius 3 is 2.96 bits per heavy atom. The highest BCUT2D eigenvalue weighted by Crippen LogP contribution is 2.31. The predicted molar refractivity (Wildman–Crippen MR) is 97.4 cm³/mol. The molecule has 0 aliphatic heterocycles. The van der Waals surface area contributed by atoms with Crippen LogP contribution in [0.1, 0.15) is 23.2 Å². The Kier molecular flexibility index (Phi) is 4.22. The first-order valence-electron chi connectivity index (χ1n) is 8.42. The second-order valence-electron chi connectivity index (χ2n) is 6.55. The molecule has 0 radical (unpaired) electrons. The van der Waals surface area contributed by atoms with Crippen molar-refractivity contribution >= 4 is 28.4 Å². The SMILES string of the molecule is O=C(Cc1ccccc1F)NC1CCc2[nH]c3ccc(Cl)cc3c2C1. The normalized spacial score (nSPS) is 16.6. The third kappa shape index (κ3) is 3.27. The van der Waals surface area contributed by atoms with Crippen LogP contribution in [0.25, 0.3) is 10.9 Å². The number of H-pyrrole nitrogens is 1. The summed E-state index contributed by atoms with van der Waals surface area (Å²) in [6.07, 6.45) is 2.58. The molecule has 0 spiro atoms. The van der Waals surface area contributed by atoms with Gasteiger partial charge >= 0.3 is 0 Å². The average molecular weight is 357 g/mol. The molecule has 4 rings (SSSR count). The molecule has 5 heteroatoms. The van der Waals surface area contributed by atoms with Crippen molar-refractivity contribution in [2.75, 3.05) is 0 Å². The van der Waals surface area contributed by atoms with Gasteiger partial charge in [0.1, 0.15) is 5.82 Å². The van der Waals surface area contributed by atoms with E-state index < -0.39 is 0 Å². The van der Waals surface area contributed by atoms with E-state index in [1.807, 2.05) is 18.2 Å². The summed E-state index contributed by atoms with van der Waals surface area (Å²) in [4.78, 5) is 15.7. The van der Waals surface area contributed by atoms with Crippen molar-refractivity contribution in [1.82, 2.24) is 10.3 Å². The molecule has 128 valence electrons. The summed E-state index contributed by atoms with van der Waals surface area (Å²) in [5.74, 6) is -0.480. The summed E-state index contributed by atoms with van der Waals surface area (Å²) in [5.41, 5.74) is 3.94. The lowest BCUT2D eigenvalue weighted by molar-refractivity contribution is -0.121. The van der Waals surface area contributed by atoms with Gasteiger partial charge in [-0.05, 0) is 54.7 Å². The van der Waals surface area contributed by atoms with Crippen LogP contribution in [0.2, 0.25) is 5.02 Å². The minimum absolute atomic E-state index is 0.0600. The number of aryl methyl sites for hydroxylation is 1. The Hall–Kier alpha value is -2.33. The third-order valence-corrected chi connectivity index (χ3v) is 5.06. The van der Waals surface area contributed by atoms with Gasteiger partial charge in [-0.1, -0.05) is 29.8 Å². The second-order valence-corrected chi connectivity index (χ2v) is 6.98. The Labute approximate surface area is 150 Å². The van der Waals surface area contributed by atoms with Gasteiger partial charge in [-0.3, -0.25) is 4.79 Å². The van der Waals surface area contributed by atoms with Gasteiger partial charge in [0.05, 0.1) is 6.42 Å². The number of aromatic amines is 1. The molecule has 3 aromatic rings. The Bertz CT molecular complexity index is 950. The first kappa shape index (κ1) is 16.2. The van der Waals surface area contributed by atoms with Crippen LogP contribution in [0.4, 0.5) is 4.39 Å². The zero-order chi connectivity index (χ0) is 17.4. The third-order valence-electron chi connectivity index (χ3n) is 4.82. The van der Waals surface area contributed by atoms with Crippen LogP contribution in [-0.2, 0) is 24.1 Å². The first-order chi connectivity index (χ1) is 12.1. The molecular formula is C20H18ClFN2O. The molecule has 1 heterocycles. The minimum atomic E-state index is -0.338. The Balaban J connectivity index is 1.49. The number of hydrogen-bond donors (Lipinski definition) is 2. The second kappa shape index (κ2) is 6.52. The molecule has 1 amide bonds. The molecule has 1 aromatic heterocycles. The molecule has 1 atom stereocenters. The van der Waals surface area contributed by atoms with Crippen LogP contribution < -0.4 is 5.32 Å². The maximum Gasteiger partial charge on any atom is 0.224 e. The van der Waals surface area contributed by atoms with E-state index in [-0.39, 0.29) is 24.2 Å². The fourth-order valence-corrected chi connectivity index (χ4v) is 3.78. The summed E-state index contributed by atoms with van der Waals surface area (Å²) in [5, 5.41) is 4.88. The maximum absolute atomic E-state index is 13.7. The molecule has 0 bridgehead atoms. The number of rotatable bonds is 3. The number of aromatic nitrogens is 1. The van der Waals surface area contributed by atoms with E-state index in [0.29, 0.717) is 10.6 Å². The van der Waals surface area contributed by atoms with E-state index in [1.54, 1.807) is 18.2 Å². The highest BCUT2D eigenvalue weighted by molar-refractivity contribution is 6.31. The molecule has 2 N–H and O–H groups in total. The summed E-state index contributed by atoms with van der Waals surface area (Å²) in [6.45, 7) is 0. The van der Waals surface area contributed by atoms with Crippen LogP contribution in [-0.4, -0.2) is 16.9 Å². The number of hydrogen-bond acceptors (Lipinski definition) is 1. The molecule has 1 aliphatic carbocycles. The van der Waals surface area contributed by atoms with Gasteiger partial charge < -0.3 is 10.3 Å². The van der Waals surface area contributed by atoms with E-state index >= 15 is 0 Å². The van der Waals surface area contributed by atoms with Gasteiger partial charge in [0.2, 0.25) is 5.91 Å². The number of halogens is 2. The smallest absolute Gasteiger partial charge is 0.224 e. The lowest BCUT2D eigenvalue weighted by Gasteiger charge is -2.23. The van der Waals surface area contributed by atoms with E-state index in [0.717, 1.165) is 30.2 Å². The molecule has 0 saturated carbocycles. The molecular weight excluding hydrogens is 339 g/mol. The van der Waals surface area contributed by atoms with Crippen molar-refractivity contribution in [3.8, 4) is 0 Å². The van der Waals surface area contributed by atoms with Gasteiger partial charge in [-0.15, -0.1) is 0 Å². The van der Waals surface area contributed by atoms with Gasteiger partial charge in [0, 0.05) is 27.7 Å². The van der Waals surface area contributed by atoms with Crippen LogP contribution in [0, 0.1) is 5.82 Å². The van der Waals surface area contributed by atoms with Crippen LogP contribution in [0.5, 0.6) is 0 Å². The number of carbonyl (C=O) groups is 1. The quantitative estimate of drug-likeness (QED) is 0.726. The van der Waals surface area contributed by atoms with Crippen molar-refractivity contribution in [3.05, 3.63) is 70.1 Å². The summed E-state index contributed by atoms with van der Waals surface area (Å²) >= 11 is 6.12. The summed E-state index contributed by atoms with van der Waals surface area (Å²) in [6, 6.07) is 12.3. The Morgan fingerprint density at radius 2 is 2.12 bits per heavy atom. The molecule has 1 aliphatic rings. The van der Waals surface area contributed by atoms with Crippen molar-refractivity contribution in [2.45, 2.75) is 31.7 Å². The highest BCUT2D eigenvalue weighted by Gasteiger charge is 2.24. The van der Waals surface area contributed by atoms with Crippen LogP contribution >= 0.6 is 11.6 Å². The number of amides is 1. The largest absolute Gasteiger partial charge is 0.358 e. The first-order valence-corrected chi connectivity index (χ1v) is 8.79. The van der Waals surface area contributed by atoms with Crippen molar-refractivity contribution in [1.29, 1.82) is 0 Å². The number of carbonyl (C=O) groups excluding carboxylic acids is 1. The molecule has 0 fully saturated rings. The van der Waals surface area contributed by atoms with Crippen LogP contribution in [0.15, 0.2) is 42.5 Å². The molecule has 1 unspecified atom stereocenters. The zero-order valence-electron chi connectivity index (χ0n) is 13.6. The topological polar surface area (TPSA) is 44.9 Å². The Morgan fingerprint density at radius 1 is 1.28 bits per heavy atom. The van der Waals surface area contributed by atoms with Gasteiger partial charge in [0.25, 0.3) is 0 Å².